The molecule has 1 amide bonds. The predicted molar refractivity (Wildman–Crippen MR) is 112 cm³/mol. The van der Waals surface area contributed by atoms with Crippen LogP contribution in [0.1, 0.15) is 38.5 Å². The Morgan fingerprint density at radius 3 is 2.21 bits per heavy atom. The summed E-state index contributed by atoms with van der Waals surface area (Å²) < 4.78 is 5.80. The van der Waals surface area contributed by atoms with Gasteiger partial charge in [-0.3, -0.25) is 14.6 Å². The number of rotatable bonds is 8. The Balaban J connectivity index is 1.16. The summed E-state index contributed by atoms with van der Waals surface area (Å²) in [5.74, 6) is 1.23. The Hall–Kier alpha value is -1.30. The number of carbonyl (C=O) groups excluding carboxylic acids is 1. The first-order chi connectivity index (χ1) is 13.7. The average Bonchev–Trinajstić information content (AvgIpc) is 3.38. The van der Waals surface area contributed by atoms with Crippen LogP contribution in [-0.4, -0.2) is 78.6 Å². The van der Waals surface area contributed by atoms with Crippen LogP contribution >= 0.6 is 11.6 Å². The lowest BCUT2D eigenvalue weighted by atomic mass is 10.2. The van der Waals surface area contributed by atoms with Gasteiger partial charge in [0.05, 0.1) is 6.54 Å². The fraction of sp³-hybridized carbons (Fsp3) is 0.682. The van der Waals surface area contributed by atoms with Gasteiger partial charge in [-0.25, -0.2) is 0 Å². The van der Waals surface area contributed by atoms with Crippen molar-refractivity contribution in [3.05, 3.63) is 29.3 Å². The molecule has 2 aliphatic carbocycles. The summed E-state index contributed by atoms with van der Waals surface area (Å²) in [4.78, 5) is 20.0. The molecule has 4 rings (SSSR count). The van der Waals surface area contributed by atoms with Gasteiger partial charge in [-0.15, -0.1) is 0 Å². The van der Waals surface area contributed by atoms with Crippen LogP contribution in [0.25, 0.3) is 0 Å². The van der Waals surface area contributed by atoms with Gasteiger partial charge in [-0.2, -0.15) is 0 Å². The fourth-order valence-electron chi connectivity index (χ4n) is 4.51. The molecule has 1 aromatic rings. The van der Waals surface area contributed by atoms with Crippen molar-refractivity contribution in [2.24, 2.45) is 0 Å². The van der Waals surface area contributed by atoms with E-state index in [-0.39, 0.29) is 0 Å². The summed E-state index contributed by atoms with van der Waals surface area (Å²) in [5, 5.41) is 0.728. The highest BCUT2D eigenvalue weighted by atomic mass is 35.5. The van der Waals surface area contributed by atoms with Gasteiger partial charge in [0.15, 0.2) is 0 Å². The monoisotopic (exact) mass is 405 g/mol. The van der Waals surface area contributed by atoms with Crippen molar-refractivity contribution >= 4 is 17.5 Å². The maximum absolute atomic E-state index is 13.0. The molecule has 6 heteroatoms. The van der Waals surface area contributed by atoms with Crippen LogP contribution in [0.5, 0.6) is 5.75 Å². The van der Waals surface area contributed by atoms with Crippen LogP contribution in [0.4, 0.5) is 0 Å². The lowest BCUT2D eigenvalue weighted by molar-refractivity contribution is -0.135. The molecule has 0 N–H and O–H groups in total. The van der Waals surface area contributed by atoms with Crippen LogP contribution < -0.4 is 4.74 Å². The zero-order chi connectivity index (χ0) is 19.3. The van der Waals surface area contributed by atoms with Crippen LogP contribution in [0.2, 0.25) is 5.02 Å². The lowest BCUT2D eigenvalue weighted by Crippen LogP contribution is -2.52. The van der Waals surface area contributed by atoms with E-state index in [1.54, 1.807) is 0 Å². The maximum atomic E-state index is 13.0. The van der Waals surface area contributed by atoms with Crippen molar-refractivity contribution in [1.82, 2.24) is 14.7 Å². The molecule has 1 heterocycles. The van der Waals surface area contributed by atoms with Crippen molar-refractivity contribution in [3.63, 3.8) is 0 Å². The van der Waals surface area contributed by atoms with E-state index in [0.717, 1.165) is 43.5 Å². The maximum Gasteiger partial charge on any atom is 0.237 e. The number of ether oxygens (including phenoxy) is 1. The van der Waals surface area contributed by atoms with Gasteiger partial charge in [-0.05, 0) is 49.9 Å². The first-order valence-corrected chi connectivity index (χ1v) is 11.2. The molecular formula is C22H32ClN3O2. The van der Waals surface area contributed by atoms with Crippen molar-refractivity contribution in [3.8, 4) is 5.75 Å². The molecule has 0 radical (unpaired) electrons. The normalized spacial score (nSPS) is 21.8. The Labute approximate surface area is 173 Å². The molecule has 0 atom stereocenters. The summed E-state index contributed by atoms with van der Waals surface area (Å²) in [6.07, 6.45) is 7.43. The van der Waals surface area contributed by atoms with Gasteiger partial charge in [0.2, 0.25) is 5.91 Å². The highest BCUT2D eigenvalue weighted by Crippen LogP contribution is 2.34. The zero-order valence-corrected chi connectivity index (χ0v) is 17.4. The molecule has 3 aliphatic rings. The largest absolute Gasteiger partial charge is 0.492 e. The summed E-state index contributed by atoms with van der Waals surface area (Å²) in [5.41, 5.74) is 0. The third kappa shape index (κ3) is 5.40. The van der Waals surface area contributed by atoms with Gasteiger partial charge < -0.3 is 9.64 Å². The topological polar surface area (TPSA) is 36.0 Å². The van der Waals surface area contributed by atoms with E-state index in [0.29, 0.717) is 31.1 Å². The van der Waals surface area contributed by atoms with Crippen LogP contribution in [0.3, 0.4) is 0 Å². The number of nitrogens with zero attached hydrogens (tertiary/aromatic N) is 3. The van der Waals surface area contributed by atoms with E-state index < -0.39 is 0 Å². The van der Waals surface area contributed by atoms with E-state index >= 15 is 0 Å². The number of piperazine rings is 1. The smallest absolute Gasteiger partial charge is 0.237 e. The number of hydrogen-bond donors (Lipinski definition) is 0. The third-order valence-electron chi connectivity index (χ3n) is 6.26. The SMILES string of the molecule is O=C(CN1CCN(CCOc2ccc(Cl)cc2)CC1)N(C1CCCC1)C1CC1. The summed E-state index contributed by atoms with van der Waals surface area (Å²) in [7, 11) is 0. The van der Waals surface area contributed by atoms with E-state index in [1.807, 2.05) is 24.3 Å². The molecule has 1 saturated heterocycles. The molecule has 0 bridgehead atoms. The Bertz CT molecular complexity index is 636. The number of amides is 1. The standard InChI is InChI=1S/C22H32ClN3O2/c23-18-5-9-21(10-6-18)28-16-15-24-11-13-25(14-12-24)17-22(27)26(20-7-8-20)19-3-1-2-4-19/h5-6,9-10,19-20H,1-4,7-8,11-17H2. The van der Waals surface area contributed by atoms with Crippen LogP contribution in [0, 0.1) is 0 Å². The molecule has 154 valence electrons. The highest BCUT2D eigenvalue weighted by Gasteiger charge is 2.38. The van der Waals surface area contributed by atoms with Crippen LogP contribution in [0.15, 0.2) is 24.3 Å². The zero-order valence-electron chi connectivity index (χ0n) is 16.7. The molecule has 5 nitrogen and oxygen atoms in total. The second kappa shape index (κ2) is 9.47. The first kappa shape index (κ1) is 20.0. The minimum Gasteiger partial charge on any atom is -0.492 e. The average molecular weight is 406 g/mol. The number of halogens is 1. The first-order valence-electron chi connectivity index (χ1n) is 10.8. The van der Waals surface area contributed by atoms with Gasteiger partial charge in [-0.1, -0.05) is 24.4 Å². The number of benzene rings is 1. The minimum atomic E-state index is 0.369. The molecule has 0 spiro atoms. The minimum absolute atomic E-state index is 0.369. The molecule has 1 aromatic carbocycles. The lowest BCUT2D eigenvalue weighted by Gasteiger charge is -2.36. The van der Waals surface area contributed by atoms with E-state index in [4.69, 9.17) is 16.3 Å². The summed E-state index contributed by atoms with van der Waals surface area (Å²) >= 11 is 5.90. The van der Waals surface area contributed by atoms with Gasteiger partial charge in [0.25, 0.3) is 0 Å². The predicted octanol–water partition coefficient (Wildman–Crippen LogP) is 3.27. The molecule has 0 unspecified atom stereocenters. The van der Waals surface area contributed by atoms with Crippen molar-refractivity contribution in [2.75, 3.05) is 45.9 Å². The van der Waals surface area contributed by atoms with Gasteiger partial charge >= 0.3 is 0 Å². The van der Waals surface area contributed by atoms with E-state index in [1.165, 1.54) is 38.5 Å². The molecule has 3 fully saturated rings. The fourth-order valence-corrected chi connectivity index (χ4v) is 4.63. The summed E-state index contributed by atoms with van der Waals surface area (Å²) in [6, 6.07) is 8.57. The second-order valence-corrected chi connectivity index (χ2v) is 8.83. The Morgan fingerprint density at radius 2 is 1.57 bits per heavy atom. The highest BCUT2D eigenvalue weighted by molar-refractivity contribution is 6.30. The van der Waals surface area contributed by atoms with E-state index in [2.05, 4.69) is 14.7 Å². The molecule has 28 heavy (non-hydrogen) atoms. The molecular weight excluding hydrogens is 374 g/mol. The number of carbonyl (C=O) groups is 1. The van der Waals surface area contributed by atoms with Gasteiger partial charge in [0.1, 0.15) is 12.4 Å². The third-order valence-corrected chi connectivity index (χ3v) is 6.51. The van der Waals surface area contributed by atoms with Crippen molar-refractivity contribution in [2.45, 2.75) is 50.6 Å². The van der Waals surface area contributed by atoms with Gasteiger partial charge in [0, 0.05) is 49.8 Å². The Kier molecular flexibility index (Phi) is 6.76. The van der Waals surface area contributed by atoms with E-state index in [9.17, 15) is 4.79 Å². The second-order valence-electron chi connectivity index (χ2n) is 8.39. The number of hydrogen-bond acceptors (Lipinski definition) is 4. The molecule has 0 aromatic heterocycles. The quantitative estimate of drug-likeness (QED) is 0.665. The van der Waals surface area contributed by atoms with Crippen molar-refractivity contribution in [1.29, 1.82) is 0 Å². The van der Waals surface area contributed by atoms with Crippen LogP contribution in [-0.2, 0) is 4.79 Å². The molecule has 1 aliphatic heterocycles. The molecule has 2 saturated carbocycles. The Morgan fingerprint density at radius 1 is 0.964 bits per heavy atom. The van der Waals surface area contributed by atoms with Crippen molar-refractivity contribution < 1.29 is 9.53 Å². The summed E-state index contributed by atoms with van der Waals surface area (Å²) in [6.45, 7) is 6.14.